The van der Waals surface area contributed by atoms with E-state index < -0.39 is 0 Å². The Hall–Kier alpha value is -1.17. The summed E-state index contributed by atoms with van der Waals surface area (Å²) in [5.41, 5.74) is 0.679. The van der Waals surface area contributed by atoms with Crippen LogP contribution in [0.2, 0.25) is 0 Å². The van der Waals surface area contributed by atoms with Crippen LogP contribution in [-0.4, -0.2) is 50.5 Å². The topological polar surface area (TPSA) is 49.7 Å². The fourth-order valence-corrected chi connectivity index (χ4v) is 1.44. The van der Waals surface area contributed by atoms with Gasteiger partial charge in [-0.15, -0.1) is 0 Å². The molecule has 0 aliphatic rings. The molecule has 1 heterocycles. The van der Waals surface area contributed by atoms with Crippen molar-refractivity contribution < 1.29 is 19.0 Å². The van der Waals surface area contributed by atoms with Gasteiger partial charge in [0.2, 0.25) is 0 Å². The van der Waals surface area contributed by atoms with Crippen LogP contribution >= 0.6 is 0 Å². The predicted molar refractivity (Wildman–Crippen MR) is 67.9 cm³/mol. The molecule has 102 valence electrons. The molecule has 0 saturated heterocycles. The van der Waals surface area contributed by atoms with Gasteiger partial charge in [-0.1, -0.05) is 0 Å². The molecule has 0 atom stereocenters. The van der Waals surface area contributed by atoms with E-state index in [1.54, 1.807) is 19.4 Å². The molecule has 0 spiro atoms. The summed E-state index contributed by atoms with van der Waals surface area (Å²) in [6.45, 7) is 2.40. The Morgan fingerprint density at radius 1 is 1.22 bits per heavy atom. The van der Waals surface area contributed by atoms with E-state index in [-0.39, 0.29) is 12.4 Å². The van der Waals surface area contributed by atoms with Crippen LogP contribution in [-0.2, 0) is 21.3 Å². The average molecular weight is 255 g/mol. The Labute approximate surface area is 108 Å². The van der Waals surface area contributed by atoms with Crippen LogP contribution in [0.3, 0.4) is 0 Å². The van der Waals surface area contributed by atoms with Crippen molar-refractivity contribution in [1.82, 2.24) is 4.57 Å². The molecule has 0 bridgehead atoms. The molecule has 0 radical (unpaired) electrons. The molecule has 1 aromatic rings. The number of aryl methyl sites for hydroxylation is 1. The lowest BCUT2D eigenvalue weighted by molar-refractivity contribution is 0.0382. The van der Waals surface area contributed by atoms with Crippen LogP contribution < -0.4 is 0 Å². The largest absolute Gasteiger partial charge is 0.385 e. The number of ketones is 1. The molecular formula is C13H21NO4. The molecule has 0 saturated carbocycles. The number of nitrogens with zero attached hydrogens (tertiary/aromatic N) is 1. The first-order chi connectivity index (χ1) is 8.74. The maximum atomic E-state index is 11.6. The Kier molecular flexibility index (Phi) is 7.32. The van der Waals surface area contributed by atoms with Gasteiger partial charge in [-0.25, -0.2) is 0 Å². The van der Waals surface area contributed by atoms with Crippen LogP contribution in [0, 0.1) is 0 Å². The van der Waals surface area contributed by atoms with Crippen molar-refractivity contribution in [1.29, 1.82) is 0 Å². The second kappa shape index (κ2) is 8.85. The quantitative estimate of drug-likeness (QED) is 0.467. The van der Waals surface area contributed by atoms with E-state index in [2.05, 4.69) is 0 Å². The van der Waals surface area contributed by atoms with Crippen LogP contribution in [0.1, 0.15) is 16.8 Å². The van der Waals surface area contributed by atoms with Crippen molar-refractivity contribution in [3.63, 3.8) is 0 Å². The lowest BCUT2D eigenvalue weighted by atomic mass is 10.2. The second-order valence-electron chi connectivity index (χ2n) is 4.00. The van der Waals surface area contributed by atoms with Gasteiger partial charge in [-0.05, 0) is 12.5 Å². The minimum atomic E-state index is -0.00465. The highest BCUT2D eigenvalue weighted by molar-refractivity contribution is 5.96. The number of hydrogen-bond acceptors (Lipinski definition) is 4. The predicted octanol–water partition coefficient (Wildman–Crippen LogP) is 1.28. The van der Waals surface area contributed by atoms with E-state index in [4.69, 9.17) is 14.2 Å². The minimum Gasteiger partial charge on any atom is -0.385 e. The molecule has 5 nitrogen and oxygen atoms in total. The van der Waals surface area contributed by atoms with E-state index >= 15 is 0 Å². The van der Waals surface area contributed by atoms with Crippen molar-refractivity contribution >= 4 is 5.78 Å². The molecular weight excluding hydrogens is 234 g/mol. The molecule has 0 aliphatic heterocycles. The van der Waals surface area contributed by atoms with Gasteiger partial charge in [0.25, 0.3) is 0 Å². The van der Waals surface area contributed by atoms with Gasteiger partial charge in [0.1, 0.15) is 6.61 Å². The van der Waals surface area contributed by atoms with Gasteiger partial charge in [0.15, 0.2) is 5.78 Å². The highest BCUT2D eigenvalue weighted by Crippen LogP contribution is 2.01. The van der Waals surface area contributed by atoms with Crippen molar-refractivity contribution in [3.8, 4) is 0 Å². The monoisotopic (exact) mass is 255 g/mol. The van der Waals surface area contributed by atoms with Gasteiger partial charge in [-0.2, -0.15) is 0 Å². The fraction of sp³-hybridized carbons (Fsp3) is 0.615. The SMILES string of the molecule is COCCCOCCOCC(=O)c1ccn(C)c1. The zero-order chi connectivity index (χ0) is 13.2. The number of Topliss-reactive ketones (excluding diaryl/α,β-unsaturated/α-hetero) is 1. The Morgan fingerprint density at radius 3 is 2.67 bits per heavy atom. The van der Waals surface area contributed by atoms with Crippen molar-refractivity contribution in [3.05, 3.63) is 24.0 Å². The second-order valence-corrected chi connectivity index (χ2v) is 4.00. The Morgan fingerprint density at radius 2 is 2.00 bits per heavy atom. The lowest BCUT2D eigenvalue weighted by Crippen LogP contribution is -2.12. The fourth-order valence-electron chi connectivity index (χ4n) is 1.44. The third kappa shape index (κ3) is 5.95. The summed E-state index contributed by atoms with van der Waals surface area (Å²) in [6.07, 6.45) is 4.50. The van der Waals surface area contributed by atoms with Crippen LogP contribution in [0.4, 0.5) is 0 Å². The first kappa shape index (κ1) is 14.9. The lowest BCUT2D eigenvalue weighted by Gasteiger charge is -2.04. The van der Waals surface area contributed by atoms with Crippen molar-refractivity contribution in [2.24, 2.45) is 7.05 Å². The van der Waals surface area contributed by atoms with E-state index in [9.17, 15) is 4.79 Å². The summed E-state index contributed by atoms with van der Waals surface area (Å²) in [5.74, 6) is -0.00465. The van der Waals surface area contributed by atoms with Crippen molar-refractivity contribution in [2.45, 2.75) is 6.42 Å². The molecule has 0 aromatic carbocycles. The average Bonchev–Trinajstić information content (AvgIpc) is 2.79. The normalized spacial score (nSPS) is 10.8. The molecule has 0 unspecified atom stereocenters. The van der Waals surface area contributed by atoms with E-state index in [1.807, 2.05) is 17.8 Å². The highest BCUT2D eigenvalue weighted by Gasteiger charge is 2.06. The summed E-state index contributed by atoms with van der Waals surface area (Å²) in [6, 6.07) is 1.78. The summed E-state index contributed by atoms with van der Waals surface area (Å²) < 4.78 is 17.3. The zero-order valence-corrected chi connectivity index (χ0v) is 11.1. The standard InChI is InChI=1S/C13H21NO4/c1-14-5-4-12(10-14)13(15)11-18-9-8-17-7-3-6-16-2/h4-5,10H,3,6-9,11H2,1-2H3. The third-order valence-electron chi connectivity index (χ3n) is 2.40. The molecule has 1 rings (SSSR count). The maximum Gasteiger partial charge on any atom is 0.189 e. The number of ether oxygens (including phenoxy) is 3. The van der Waals surface area contributed by atoms with Gasteiger partial charge < -0.3 is 18.8 Å². The number of rotatable bonds is 10. The molecule has 0 amide bonds. The Bertz CT molecular complexity index is 349. The third-order valence-corrected chi connectivity index (χ3v) is 2.40. The molecule has 5 heteroatoms. The molecule has 0 aliphatic carbocycles. The van der Waals surface area contributed by atoms with Crippen molar-refractivity contribution in [2.75, 3.05) is 40.1 Å². The molecule has 0 N–H and O–H groups in total. The van der Waals surface area contributed by atoms with E-state index in [0.29, 0.717) is 32.0 Å². The number of carbonyl (C=O) groups is 1. The molecule has 0 fully saturated rings. The summed E-state index contributed by atoms with van der Waals surface area (Å²) in [4.78, 5) is 11.6. The number of hydrogen-bond donors (Lipinski definition) is 0. The number of methoxy groups -OCH3 is 1. The first-order valence-corrected chi connectivity index (χ1v) is 6.03. The maximum absolute atomic E-state index is 11.6. The molecule has 18 heavy (non-hydrogen) atoms. The Balaban J connectivity index is 1.99. The first-order valence-electron chi connectivity index (χ1n) is 6.03. The van der Waals surface area contributed by atoms with Gasteiger partial charge in [0, 0.05) is 45.3 Å². The number of carbonyl (C=O) groups excluding carboxylic acids is 1. The smallest absolute Gasteiger partial charge is 0.189 e. The summed E-state index contributed by atoms with van der Waals surface area (Å²) in [7, 11) is 3.55. The minimum absolute atomic E-state index is 0.00465. The van der Waals surface area contributed by atoms with E-state index in [1.165, 1.54) is 0 Å². The van der Waals surface area contributed by atoms with Crippen LogP contribution in [0.15, 0.2) is 18.5 Å². The van der Waals surface area contributed by atoms with E-state index in [0.717, 1.165) is 6.42 Å². The van der Waals surface area contributed by atoms with Gasteiger partial charge in [-0.3, -0.25) is 4.79 Å². The van der Waals surface area contributed by atoms with Crippen LogP contribution in [0.5, 0.6) is 0 Å². The number of aromatic nitrogens is 1. The van der Waals surface area contributed by atoms with Gasteiger partial charge in [0.05, 0.1) is 13.2 Å². The van der Waals surface area contributed by atoms with Crippen LogP contribution in [0.25, 0.3) is 0 Å². The zero-order valence-electron chi connectivity index (χ0n) is 11.1. The molecule has 1 aromatic heterocycles. The summed E-state index contributed by atoms with van der Waals surface area (Å²) in [5, 5.41) is 0. The summed E-state index contributed by atoms with van der Waals surface area (Å²) >= 11 is 0. The highest BCUT2D eigenvalue weighted by atomic mass is 16.5. The van der Waals surface area contributed by atoms with Gasteiger partial charge >= 0.3 is 0 Å².